The highest BCUT2D eigenvalue weighted by molar-refractivity contribution is 6.46. The molecular weight excluding hydrogens is 402 g/mol. The third-order valence-corrected chi connectivity index (χ3v) is 6.07. The molecule has 2 fully saturated rings. The Hall–Kier alpha value is -2.79. The molecule has 0 bridgehead atoms. The maximum Gasteiger partial charge on any atom is 0.295 e. The first-order valence-corrected chi connectivity index (χ1v) is 10.7. The van der Waals surface area contributed by atoms with Crippen molar-refractivity contribution in [2.24, 2.45) is 0 Å². The Morgan fingerprint density at radius 3 is 2.30 bits per heavy atom. The van der Waals surface area contributed by atoms with Crippen molar-refractivity contribution in [1.29, 1.82) is 0 Å². The van der Waals surface area contributed by atoms with Gasteiger partial charge in [0.05, 0.1) is 18.2 Å². The Bertz CT molecular complexity index is 975. The molecule has 0 spiro atoms. The minimum atomic E-state index is -0.645. The number of likely N-dealkylation sites (tertiary alicyclic amines) is 1. The van der Waals surface area contributed by atoms with E-state index < -0.39 is 17.7 Å². The van der Waals surface area contributed by atoms with E-state index in [2.05, 4.69) is 0 Å². The molecule has 4 rings (SSSR count). The Morgan fingerprint density at radius 1 is 1.07 bits per heavy atom. The van der Waals surface area contributed by atoms with Crippen LogP contribution < -0.4 is 4.74 Å². The van der Waals surface area contributed by atoms with Gasteiger partial charge in [0.1, 0.15) is 11.5 Å². The van der Waals surface area contributed by atoms with Crippen LogP contribution in [0.25, 0.3) is 5.76 Å². The first-order valence-electron chi connectivity index (χ1n) is 10.3. The van der Waals surface area contributed by atoms with Crippen LogP contribution in [-0.2, 0) is 9.59 Å². The number of halogens is 1. The highest BCUT2D eigenvalue weighted by atomic mass is 35.5. The standard InChI is InChI=1S/C24H24ClNO4/c1-2-30-19-13-9-16(10-14-19)22(27)20-21(15-7-11-17(25)12-8-15)26(24(29)23(20)28)18-5-3-4-6-18/h7-14,18,21,27H,2-6H2,1H3/b22-20-. The van der Waals surface area contributed by atoms with Crippen molar-refractivity contribution in [3.05, 3.63) is 70.3 Å². The summed E-state index contributed by atoms with van der Waals surface area (Å²) in [4.78, 5) is 27.7. The SMILES string of the molecule is CCOc1ccc(/C(O)=C2/C(=O)C(=O)N(C3CCCC3)C2c2ccc(Cl)cc2)cc1. The molecular formula is C24H24ClNO4. The van der Waals surface area contributed by atoms with Crippen LogP contribution in [0.5, 0.6) is 5.75 Å². The van der Waals surface area contributed by atoms with Gasteiger partial charge in [-0.25, -0.2) is 0 Å². The summed E-state index contributed by atoms with van der Waals surface area (Å²) in [5.74, 6) is -0.686. The molecule has 1 saturated heterocycles. The number of carbonyl (C=O) groups is 2. The van der Waals surface area contributed by atoms with Gasteiger partial charge in [-0.15, -0.1) is 0 Å². The van der Waals surface area contributed by atoms with Gasteiger partial charge in [-0.05, 0) is 61.7 Å². The van der Waals surface area contributed by atoms with Crippen molar-refractivity contribution in [3.63, 3.8) is 0 Å². The van der Waals surface area contributed by atoms with Crippen LogP contribution in [0.1, 0.15) is 49.8 Å². The first-order chi connectivity index (χ1) is 14.5. The summed E-state index contributed by atoms with van der Waals surface area (Å²) < 4.78 is 5.45. The van der Waals surface area contributed by atoms with Crippen molar-refractivity contribution in [1.82, 2.24) is 4.90 Å². The van der Waals surface area contributed by atoms with E-state index in [4.69, 9.17) is 16.3 Å². The molecule has 156 valence electrons. The number of rotatable bonds is 5. The molecule has 2 aromatic carbocycles. The van der Waals surface area contributed by atoms with Crippen LogP contribution in [-0.4, -0.2) is 34.3 Å². The summed E-state index contributed by atoms with van der Waals surface area (Å²) in [5.41, 5.74) is 1.36. The van der Waals surface area contributed by atoms with E-state index in [1.807, 2.05) is 19.1 Å². The molecule has 1 unspecified atom stereocenters. The number of aliphatic hydroxyl groups is 1. The molecule has 1 aliphatic carbocycles. The summed E-state index contributed by atoms with van der Waals surface area (Å²) in [6.07, 6.45) is 3.78. The summed E-state index contributed by atoms with van der Waals surface area (Å²) >= 11 is 6.05. The minimum absolute atomic E-state index is 0.00671. The lowest BCUT2D eigenvalue weighted by atomic mass is 9.94. The van der Waals surface area contributed by atoms with Crippen LogP contribution >= 0.6 is 11.6 Å². The highest BCUT2D eigenvalue weighted by Gasteiger charge is 2.49. The van der Waals surface area contributed by atoms with Gasteiger partial charge in [0.15, 0.2) is 0 Å². The maximum absolute atomic E-state index is 13.0. The molecule has 2 aliphatic rings. The van der Waals surface area contributed by atoms with E-state index in [0.29, 0.717) is 22.9 Å². The molecule has 1 heterocycles. The number of carbonyl (C=O) groups excluding carboxylic acids is 2. The van der Waals surface area contributed by atoms with Gasteiger partial charge in [-0.1, -0.05) is 36.6 Å². The van der Waals surface area contributed by atoms with Crippen LogP contribution in [0.3, 0.4) is 0 Å². The van der Waals surface area contributed by atoms with E-state index >= 15 is 0 Å². The number of Topliss-reactive ketones (excluding diaryl/α,β-unsaturated/α-hetero) is 1. The summed E-state index contributed by atoms with van der Waals surface area (Å²) in [6.45, 7) is 2.43. The molecule has 5 nitrogen and oxygen atoms in total. The lowest BCUT2D eigenvalue weighted by Gasteiger charge is -2.30. The fourth-order valence-corrected chi connectivity index (χ4v) is 4.54. The number of ether oxygens (including phenoxy) is 1. The van der Waals surface area contributed by atoms with Crippen LogP contribution in [0.2, 0.25) is 5.02 Å². The number of ketones is 1. The van der Waals surface area contributed by atoms with E-state index in [-0.39, 0.29) is 17.4 Å². The van der Waals surface area contributed by atoms with E-state index in [9.17, 15) is 14.7 Å². The number of amides is 1. The summed E-state index contributed by atoms with van der Waals surface area (Å²) in [5, 5.41) is 11.7. The number of hydrogen-bond acceptors (Lipinski definition) is 4. The van der Waals surface area contributed by atoms with E-state index in [1.165, 1.54) is 0 Å². The van der Waals surface area contributed by atoms with Crippen molar-refractivity contribution in [3.8, 4) is 5.75 Å². The van der Waals surface area contributed by atoms with Crippen molar-refractivity contribution in [2.45, 2.75) is 44.7 Å². The first kappa shape index (κ1) is 20.5. The van der Waals surface area contributed by atoms with Crippen LogP contribution in [0.4, 0.5) is 0 Å². The monoisotopic (exact) mass is 425 g/mol. The van der Waals surface area contributed by atoms with Gasteiger partial charge in [0.2, 0.25) is 0 Å². The fraction of sp³-hybridized carbons (Fsp3) is 0.333. The van der Waals surface area contributed by atoms with Crippen LogP contribution in [0, 0.1) is 0 Å². The average molecular weight is 426 g/mol. The molecule has 30 heavy (non-hydrogen) atoms. The van der Waals surface area contributed by atoms with E-state index in [0.717, 1.165) is 31.2 Å². The number of benzene rings is 2. The molecule has 1 atom stereocenters. The lowest BCUT2D eigenvalue weighted by molar-refractivity contribution is -0.141. The zero-order valence-electron chi connectivity index (χ0n) is 16.8. The predicted octanol–water partition coefficient (Wildman–Crippen LogP) is 5.10. The lowest BCUT2D eigenvalue weighted by Crippen LogP contribution is -2.37. The minimum Gasteiger partial charge on any atom is -0.507 e. The zero-order chi connectivity index (χ0) is 21.3. The molecule has 0 radical (unpaired) electrons. The average Bonchev–Trinajstić information content (AvgIpc) is 3.36. The Balaban J connectivity index is 1.82. The second kappa shape index (κ2) is 8.52. The zero-order valence-corrected chi connectivity index (χ0v) is 17.6. The maximum atomic E-state index is 13.0. The molecule has 1 amide bonds. The molecule has 1 N–H and O–H groups in total. The third kappa shape index (κ3) is 3.70. The number of aliphatic hydroxyl groups excluding tert-OH is 1. The van der Waals surface area contributed by atoms with Crippen molar-refractivity contribution in [2.75, 3.05) is 6.61 Å². The molecule has 0 aromatic heterocycles. The fourth-order valence-electron chi connectivity index (χ4n) is 4.41. The van der Waals surface area contributed by atoms with Gasteiger partial charge < -0.3 is 14.7 Å². The van der Waals surface area contributed by atoms with Crippen molar-refractivity contribution >= 4 is 29.1 Å². The second-order valence-electron chi connectivity index (χ2n) is 7.65. The summed E-state index contributed by atoms with van der Waals surface area (Å²) in [6, 6.07) is 13.3. The normalized spacial score (nSPS) is 21.4. The number of nitrogens with zero attached hydrogens (tertiary/aromatic N) is 1. The molecule has 1 aliphatic heterocycles. The Labute approximate surface area is 180 Å². The largest absolute Gasteiger partial charge is 0.507 e. The van der Waals surface area contributed by atoms with Gasteiger partial charge in [0.25, 0.3) is 11.7 Å². The third-order valence-electron chi connectivity index (χ3n) is 5.82. The smallest absolute Gasteiger partial charge is 0.295 e. The Morgan fingerprint density at radius 2 is 1.70 bits per heavy atom. The van der Waals surface area contributed by atoms with E-state index in [1.54, 1.807) is 41.3 Å². The quantitative estimate of drug-likeness (QED) is 0.411. The topological polar surface area (TPSA) is 66.8 Å². The Kier molecular flexibility index (Phi) is 5.82. The highest BCUT2D eigenvalue weighted by Crippen LogP contribution is 2.43. The van der Waals surface area contributed by atoms with Gasteiger partial charge >= 0.3 is 0 Å². The molecule has 1 saturated carbocycles. The molecule has 6 heteroatoms. The van der Waals surface area contributed by atoms with Gasteiger partial charge in [0, 0.05) is 16.6 Å². The number of hydrogen-bond donors (Lipinski definition) is 1. The van der Waals surface area contributed by atoms with Crippen LogP contribution in [0.15, 0.2) is 54.1 Å². The van der Waals surface area contributed by atoms with Gasteiger partial charge in [-0.2, -0.15) is 0 Å². The summed E-state index contributed by atoms with van der Waals surface area (Å²) in [7, 11) is 0. The molecule has 2 aromatic rings. The van der Waals surface area contributed by atoms with Gasteiger partial charge in [-0.3, -0.25) is 9.59 Å². The van der Waals surface area contributed by atoms with Crippen molar-refractivity contribution < 1.29 is 19.4 Å². The predicted molar refractivity (Wildman–Crippen MR) is 115 cm³/mol. The second-order valence-corrected chi connectivity index (χ2v) is 8.09.